The second-order valence-corrected chi connectivity index (χ2v) is 3.33. The molecule has 1 N–H and O–H groups in total. The van der Waals surface area contributed by atoms with Crippen molar-refractivity contribution in [1.82, 2.24) is 0 Å². The molecule has 0 spiro atoms. The van der Waals surface area contributed by atoms with Crippen molar-refractivity contribution in [2.24, 2.45) is 0 Å². The Morgan fingerprint density at radius 3 is 1.73 bits per heavy atom. The Morgan fingerprint density at radius 2 is 1.33 bits per heavy atom. The van der Waals surface area contributed by atoms with Crippen LogP contribution in [0.25, 0.3) is 0 Å². The zero-order valence-corrected chi connectivity index (χ0v) is 9.91. The average Bonchev–Trinajstić information content (AvgIpc) is 2.25. The summed E-state index contributed by atoms with van der Waals surface area (Å²) in [5.74, 6) is 0. The van der Waals surface area contributed by atoms with Crippen LogP contribution in [0.3, 0.4) is 0 Å². The van der Waals surface area contributed by atoms with E-state index < -0.39 is 6.48 Å². The number of hydrogen-bond acceptors (Lipinski definition) is 4. The molecule has 0 aliphatic carbocycles. The van der Waals surface area contributed by atoms with E-state index in [0.29, 0.717) is 13.2 Å². The van der Waals surface area contributed by atoms with Crippen LogP contribution >= 0.6 is 0 Å². The van der Waals surface area contributed by atoms with Crippen LogP contribution in [0.2, 0.25) is 0 Å². The van der Waals surface area contributed by atoms with E-state index in [2.05, 4.69) is 13.8 Å². The molecule has 0 saturated heterocycles. The zero-order valence-electron chi connectivity index (χ0n) is 9.91. The van der Waals surface area contributed by atoms with Gasteiger partial charge in [-0.25, -0.2) is 0 Å². The molecule has 4 nitrogen and oxygen atoms in total. The third-order valence-corrected chi connectivity index (χ3v) is 1.85. The Bertz CT molecular complexity index is 109. The van der Waals surface area contributed by atoms with Crippen LogP contribution in [-0.2, 0) is 14.2 Å². The maximum atomic E-state index is 8.62. The average molecular weight is 220 g/mol. The third kappa shape index (κ3) is 10.1. The lowest BCUT2D eigenvalue weighted by atomic mass is 10.4. The number of ether oxygens (including phenoxy) is 3. The van der Waals surface area contributed by atoms with Crippen LogP contribution in [0.1, 0.15) is 39.5 Å². The number of rotatable bonds is 11. The van der Waals surface area contributed by atoms with Gasteiger partial charge in [-0.1, -0.05) is 26.7 Å². The van der Waals surface area contributed by atoms with Gasteiger partial charge in [-0.2, -0.15) is 0 Å². The molecule has 4 heteroatoms. The molecule has 0 aliphatic rings. The smallest absolute Gasteiger partial charge is 0.271 e. The molecule has 15 heavy (non-hydrogen) atoms. The fraction of sp³-hybridized carbons (Fsp3) is 1.00. The van der Waals surface area contributed by atoms with Gasteiger partial charge in [0.2, 0.25) is 0 Å². The van der Waals surface area contributed by atoms with E-state index in [1.54, 1.807) is 0 Å². The van der Waals surface area contributed by atoms with Crippen molar-refractivity contribution in [2.75, 3.05) is 26.4 Å². The second kappa shape index (κ2) is 11.9. The van der Waals surface area contributed by atoms with Crippen molar-refractivity contribution in [1.29, 1.82) is 0 Å². The summed E-state index contributed by atoms with van der Waals surface area (Å²) in [4.78, 5) is 0. The Kier molecular flexibility index (Phi) is 11.8. The Hall–Kier alpha value is -0.160. The number of aliphatic hydroxyl groups excluding tert-OH is 1. The van der Waals surface area contributed by atoms with Crippen LogP contribution in [-0.4, -0.2) is 38.0 Å². The van der Waals surface area contributed by atoms with Crippen molar-refractivity contribution < 1.29 is 19.3 Å². The van der Waals surface area contributed by atoms with Crippen molar-refractivity contribution in [3.8, 4) is 0 Å². The lowest BCUT2D eigenvalue weighted by Gasteiger charge is -2.18. The first kappa shape index (κ1) is 14.8. The van der Waals surface area contributed by atoms with E-state index in [4.69, 9.17) is 19.3 Å². The van der Waals surface area contributed by atoms with Gasteiger partial charge in [-0.05, 0) is 12.8 Å². The summed E-state index contributed by atoms with van der Waals surface area (Å²) < 4.78 is 15.9. The lowest BCUT2D eigenvalue weighted by molar-refractivity contribution is -0.290. The van der Waals surface area contributed by atoms with E-state index in [9.17, 15) is 0 Å². The molecule has 92 valence electrons. The Balaban J connectivity index is 3.53. The van der Waals surface area contributed by atoms with E-state index in [0.717, 1.165) is 25.7 Å². The van der Waals surface area contributed by atoms with Gasteiger partial charge < -0.3 is 19.3 Å². The van der Waals surface area contributed by atoms with Crippen LogP contribution in [0.5, 0.6) is 0 Å². The summed E-state index contributed by atoms with van der Waals surface area (Å²) in [6.45, 7) is 5.11. The molecule has 0 bridgehead atoms. The Labute approximate surface area is 92.5 Å². The van der Waals surface area contributed by atoms with Crippen molar-refractivity contribution in [3.05, 3.63) is 0 Å². The molecule has 0 aromatic heterocycles. The molecule has 0 radical (unpaired) electrons. The molecule has 0 aromatic carbocycles. The highest BCUT2D eigenvalue weighted by Gasteiger charge is 2.08. The maximum Gasteiger partial charge on any atom is 0.271 e. The number of hydrogen-bond donors (Lipinski definition) is 1. The topological polar surface area (TPSA) is 47.9 Å². The standard InChI is InChI=1S/C11H24O4/c1-3-5-8-13-11(15-10-7-12)14-9-6-4-2/h11-12H,3-10H2,1-2H3. The van der Waals surface area contributed by atoms with Gasteiger partial charge in [0.05, 0.1) is 26.4 Å². The molecule has 0 fully saturated rings. The van der Waals surface area contributed by atoms with Crippen molar-refractivity contribution >= 4 is 0 Å². The van der Waals surface area contributed by atoms with E-state index in [1.165, 1.54) is 0 Å². The quantitative estimate of drug-likeness (QED) is 0.427. The van der Waals surface area contributed by atoms with Crippen LogP contribution in [0.15, 0.2) is 0 Å². The molecular weight excluding hydrogens is 196 g/mol. The Morgan fingerprint density at radius 1 is 0.867 bits per heavy atom. The largest absolute Gasteiger partial charge is 0.394 e. The first-order valence-corrected chi connectivity index (χ1v) is 5.80. The summed E-state index contributed by atoms with van der Waals surface area (Å²) in [6, 6.07) is 0. The summed E-state index contributed by atoms with van der Waals surface area (Å²) in [5, 5.41) is 8.62. The minimum atomic E-state index is -0.616. The molecule has 0 saturated carbocycles. The summed E-state index contributed by atoms with van der Waals surface area (Å²) >= 11 is 0. The molecule has 0 aromatic rings. The monoisotopic (exact) mass is 220 g/mol. The molecular formula is C11H24O4. The first-order valence-electron chi connectivity index (χ1n) is 5.80. The van der Waals surface area contributed by atoms with Gasteiger partial charge in [0, 0.05) is 0 Å². The van der Waals surface area contributed by atoms with Gasteiger partial charge in [0.25, 0.3) is 6.48 Å². The van der Waals surface area contributed by atoms with E-state index >= 15 is 0 Å². The fourth-order valence-corrected chi connectivity index (χ4v) is 0.941. The predicted octanol–water partition coefficient (Wildman–Crippen LogP) is 1.91. The molecule has 0 rings (SSSR count). The van der Waals surface area contributed by atoms with Gasteiger partial charge in [-0.3, -0.25) is 0 Å². The van der Waals surface area contributed by atoms with Gasteiger partial charge in [0.1, 0.15) is 0 Å². The predicted molar refractivity (Wildman–Crippen MR) is 58.5 cm³/mol. The number of aliphatic hydroxyl groups is 1. The summed E-state index contributed by atoms with van der Waals surface area (Å²) in [6.07, 6.45) is 4.16. The van der Waals surface area contributed by atoms with E-state index in [1.807, 2.05) is 0 Å². The SMILES string of the molecule is CCCCOC(OCCO)OCCCC. The minimum Gasteiger partial charge on any atom is -0.394 e. The molecule has 0 aliphatic heterocycles. The van der Waals surface area contributed by atoms with Crippen LogP contribution < -0.4 is 0 Å². The van der Waals surface area contributed by atoms with Crippen LogP contribution in [0.4, 0.5) is 0 Å². The highest BCUT2D eigenvalue weighted by atomic mass is 16.8. The number of unbranched alkanes of at least 4 members (excludes halogenated alkanes) is 2. The zero-order chi connectivity index (χ0) is 11.4. The minimum absolute atomic E-state index is 0.00915. The second-order valence-electron chi connectivity index (χ2n) is 3.33. The molecule has 0 amide bonds. The highest BCUT2D eigenvalue weighted by molar-refractivity contribution is 4.36. The summed E-state index contributed by atoms with van der Waals surface area (Å²) in [7, 11) is 0. The first-order chi connectivity index (χ1) is 7.35. The molecule has 0 atom stereocenters. The van der Waals surface area contributed by atoms with Gasteiger partial charge >= 0.3 is 0 Å². The van der Waals surface area contributed by atoms with Gasteiger partial charge in [-0.15, -0.1) is 0 Å². The normalized spacial score (nSPS) is 11.2. The maximum absolute atomic E-state index is 8.62. The van der Waals surface area contributed by atoms with Crippen molar-refractivity contribution in [2.45, 2.75) is 46.0 Å². The third-order valence-electron chi connectivity index (χ3n) is 1.85. The van der Waals surface area contributed by atoms with Crippen molar-refractivity contribution in [3.63, 3.8) is 0 Å². The summed E-state index contributed by atoms with van der Waals surface area (Å²) in [5.41, 5.74) is 0. The fourth-order valence-electron chi connectivity index (χ4n) is 0.941. The molecule has 0 heterocycles. The molecule has 0 unspecified atom stereocenters. The van der Waals surface area contributed by atoms with E-state index in [-0.39, 0.29) is 13.2 Å². The lowest BCUT2D eigenvalue weighted by Crippen LogP contribution is -2.23. The van der Waals surface area contributed by atoms with Crippen LogP contribution in [0, 0.1) is 0 Å². The highest BCUT2D eigenvalue weighted by Crippen LogP contribution is 2.01. The van der Waals surface area contributed by atoms with Gasteiger partial charge in [0.15, 0.2) is 0 Å².